The Morgan fingerprint density at radius 1 is 1.29 bits per heavy atom. The van der Waals surface area contributed by atoms with Crippen molar-refractivity contribution in [1.29, 1.82) is 0 Å². The highest BCUT2D eigenvalue weighted by Crippen LogP contribution is 2.18. The largest absolute Gasteiger partial charge is 0.421 e. The lowest BCUT2D eigenvalue weighted by Crippen LogP contribution is -2.35. The van der Waals surface area contributed by atoms with Crippen molar-refractivity contribution >= 4 is 5.91 Å². The molecule has 3 rings (SSSR count). The molecule has 1 aliphatic rings. The Kier molecular flexibility index (Phi) is 5.59. The monoisotopic (exact) mass is 329 g/mol. The average molecular weight is 329 g/mol. The number of nitrogens with zero attached hydrogens (tertiary/aromatic N) is 3. The molecule has 0 N–H and O–H groups in total. The number of rotatable bonds is 7. The van der Waals surface area contributed by atoms with E-state index in [1.54, 1.807) is 0 Å². The van der Waals surface area contributed by atoms with E-state index in [4.69, 9.17) is 9.15 Å². The van der Waals surface area contributed by atoms with Crippen LogP contribution in [0.4, 0.5) is 0 Å². The van der Waals surface area contributed by atoms with Gasteiger partial charge in [0.25, 0.3) is 0 Å². The molecule has 0 saturated carbocycles. The zero-order valence-electron chi connectivity index (χ0n) is 14.0. The van der Waals surface area contributed by atoms with Gasteiger partial charge in [0.05, 0.1) is 6.61 Å². The highest BCUT2D eigenvalue weighted by molar-refractivity contribution is 5.76. The highest BCUT2D eigenvalue weighted by Gasteiger charge is 2.21. The van der Waals surface area contributed by atoms with E-state index in [9.17, 15) is 4.79 Å². The molecule has 1 atom stereocenters. The molecule has 1 unspecified atom stereocenters. The van der Waals surface area contributed by atoms with Crippen LogP contribution in [0.2, 0.25) is 0 Å². The van der Waals surface area contributed by atoms with Gasteiger partial charge in [-0.1, -0.05) is 18.2 Å². The molecule has 1 amide bonds. The van der Waals surface area contributed by atoms with E-state index in [0.717, 1.165) is 31.7 Å². The first kappa shape index (κ1) is 16.6. The minimum atomic E-state index is 0.129. The third-order valence-electron chi connectivity index (χ3n) is 4.28. The second kappa shape index (κ2) is 8.06. The summed E-state index contributed by atoms with van der Waals surface area (Å²) in [6.07, 6.45) is 1.89. The van der Waals surface area contributed by atoms with Gasteiger partial charge in [-0.2, -0.15) is 0 Å². The molecule has 0 aliphatic carbocycles. The van der Waals surface area contributed by atoms with E-state index in [0.29, 0.717) is 37.1 Å². The predicted octanol–water partition coefficient (Wildman–Crippen LogP) is 2.55. The van der Waals surface area contributed by atoms with Crippen molar-refractivity contribution in [3.8, 4) is 11.5 Å². The van der Waals surface area contributed by atoms with Gasteiger partial charge >= 0.3 is 0 Å². The Morgan fingerprint density at radius 2 is 2.12 bits per heavy atom. The maximum absolute atomic E-state index is 12.4. The summed E-state index contributed by atoms with van der Waals surface area (Å²) >= 11 is 0. The smallest absolute Gasteiger partial charge is 0.247 e. The topological polar surface area (TPSA) is 68.5 Å². The number of ether oxygens (including phenoxy) is 1. The van der Waals surface area contributed by atoms with Gasteiger partial charge in [0.15, 0.2) is 0 Å². The van der Waals surface area contributed by atoms with Gasteiger partial charge in [0, 0.05) is 44.0 Å². The number of aromatic nitrogens is 2. The zero-order chi connectivity index (χ0) is 16.8. The first-order valence-electron chi connectivity index (χ1n) is 8.49. The first-order valence-corrected chi connectivity index (χ1v) is 8.49. The number of carbonyl (C=O) groups is 1. The van der Waals surface area contributed by atoms with E-state index in [-0.39, 0.29) is 5.91 Å². The van der Waals surface area contributed by atoms with Crippen molar-refractivity contribution < 1.29 is 13.9 Å². The molecule has 1 aromatic heterocycles. The lowest BCUT2D eigenvalue weighted by atomic mass is 10.1. The molecule has 2 heterocycles. The normalized spacial score (nSPS) is 17.1. The van der Waals surface area contributed by atoms with E-state index < -0.39 is 0 Å². The van der Waals surface area contributed by atoms with E-state index in [1.165, 1.54) is 0 Å². The number of hydrogen-bond donors (Lipinski definition) is 0. The Balaban J connectivity index is 1.53. The minimum absolute atomic E-state index is 0.129. The maximum atomic E-state index is 12.4. The van der Waals surface area contributed by atoms with Gasteiger partial charge in [-0.05, 0) is 25.5 Å². The minimum Gasteiger partial charge on any atom is -0.421 e. The van der Waals surface area contributed by atoms with Crippen molar-refractivity contribution in [2.75, 3.05) is 26.3 Å². The van der Waals surface area contributed by atoms with Crippen LogP contribution in [0, 0.1) is 5.92 Å². The molecular formula is C18H23N3O3. The summed E-state index contributed by atoms with van der Waals surface area (Å²) in [5.41, 5.74) is 0.888. The summed E-state index contributed by atoms with van der Waals surface area (Å²) in [7, 11) is 0. The molecule has 6 nitrogen and oxygen atoms in total. The Labute approximate surface area is 141 Å². The third kappa shape index (κ3) is 4.20. The van der Waals surface area contributed by atoms with Crippen molar-refractivity contribution in [2.24, 2.45) is 5.92 Å². The van der Waals surface area contributed by atoms with Crippen molar-refractivity contribution in [2.45, 2.75) is 26.2 Å². The van der Waals surface area contributed by atoms with E-state index >= 15 is 0 Å². The number of carbonyl (C=O) groups excluding carboxylic acids is 1. The fraction of sp³-hybridized carbons (Fsp3) is 0.500. The highest BCUT2D eigenvalue weighted by atomic mass is 16.5. The lowest BCUT2D eigenvalue weighted by Gasteiger charge is -2.23. The van der Waals surface area contributed by atoms with Crippen LogP contribution in [0.5, 0.6) is 0 Å². The Morgan fingerprint density at radius 3 is 2.83 bits per heavy atom. The quantitative estimate of drug-likeness (QED) is 0.781. The summed E-state index contributed by atoms with van der Waals surface area (Å²) in [5, 5.41) is 8.10. The fourth-order valence-corrected chi connectivity index (χ4v) is 2.87. The summed E-state index contributed by atoms with van der Waals surface area (Å²) in [6, 6.07) is 9.63. The SMILES string of the molecule is CCN(CC1CCOC1)C(=O)CCc1nnc(-c2ccccc2)o1. The molecule has 24 heavy (non-hydrogen) atoms. The molecule has 0 bridgehead atoms. The van der Waals surface area contributed by atoms with Gasteiger partial charge in [-0.25, -0.2) is 0 Å². The first-order chi connectivity index (χ1) is 11.8. The third-order valence-corrected chi connectivity index (χ3v) is 4.28. The molecule has 2 aromatic rings. The standard InChI is InChI=1S/C18H23N3O3/c1-2-21(12-14-10-11-23-13-14)17(22)9-8-16-19-20-18(24-16)15-6-4-3-5-7-15/h3-7,14H,2,8-13H2,1H3. The Hall–Kier alpha value is -2.21. The van der Waals surface area contributed by atoms with E-state index in [2.05, 4.69) is 10.2 Å². The molecular weight excluding hydrogens is 306 g/mol. The number of hydrogen-bond acceptors (Lipinski definition) is 5. The van der Waals surface area contributed by atoms with Crippen LogP contribution in [0.3, 0.4) is 0 Å². The van der Waals surface area contributed by atoms with Crippen LogP contribution in [-0.4, -0.2) is 47.3 Å². The van der Waals surface area contributed by atoms with Crippen molar-refractivity contribution in [3.63, 3.8) is 0 Å². The van der Waals surface area contributed by atoms with E-state index in [1.807, 2.05) is 42.2 Å². The molecule has 1 aromatic carbocycles. The summed E-state index contributed by atoms with van der Waals surface area (Å²) in [6.45, 7) is 5.06. The molecule has 1 aliphatic heterocycles. The van der Waals surface area contributed by atoms with Crippen molar-refractivity contribution in [1.82, 2.24) is 15.1 Å². The fourth-order valence-electron chi connectivity index (χ4n) is 2.87. The summed E-state index contributed by atoms with van der Waals surface area (Å²) in [5.74, 6) is 1.59. The lowest BCUT2D eigenvalue weighted by molar-refractivity contribution is -0.131. The average Bonchev–Trinajstić information content (AvgIpc) is 3.30. The number of amides is 1. The van der Waals surface area contributed by atoms with Crippen molar-refractivity contribution in [3.05, 3.63) is 36.2 Å². The van der Waals surface area contributed by atoms with Gasteiger partial charge in [0.1, 0.15) is 0 Å². The van der Waals surface area contributed by atoms with Crippen LogP contribution in [0.25, 0.3) is 11.5 Å². The van der Waals surface area contributed by atoms with Crippen LogP contribution >= 0.6 is 0 Å². The van der Waals surface area contributed by atoms with Crippen LogP contribution in [0.15, 0.2) is 34.7 Å². The second-order valence-corrected chi connectivity index (χ2v) is 6.03. The number of aryl methyl sites for hydroxylation is 1. The maximum Gasteiger partial charge on any atom is 0.247 e. The summed E-state index contributed by atoms with van der Waals surface area (Å²) in [4.78, 5) is 14.3. The molecule has 1 fully saturated rings. The van der Waals surface area contributed by atoms with Crippen LogP contribution < -0.4 is 0 Å². The molecule has 0 spiro atoms. The molecule has 128 valence electrons. The Bertz CT molecular complexity index is 651. The van der Waals surface area contributed by atoms with Gasteiger partial charge in [0.2, 0.25) is 17.7 Å². The molecule has 0 radical (unpaired) electrons. The second-order valence-electron chi connectivity index (χ2n) is 6.03. The molecule has 6 heteroatoms. The van der Waals surface area contributed by atoms with Crippen LogP contribution in [-0.2, 0) is 16.0 Å². The zero-order valence-corrected chi connectivity index (χ0v) is 14.0. The van der Waals surface area contributed by atoms with Gasteiger partial charge < -0.3 is 14.1 Å². The van der Waals surface area contributed by atoms with Gasteiger partial charge in [-0.3, -0.25) is 4.79 Å². The van der Waals surface area contributed by atoms with Crippen LogP contribution in [0.1, 0.15) is 25.7 Å². The summed E-state index contributed by atoms with van der Waals surface area (Å²) < 4.78 is 11.0. The predicted molar refractivity (Wildman–Crippen MR) is 89.2 cm³/mol. The van der Waals surface area contributed by atoms with Gasteiger partial charge in [-0.15, -0.1) is 10.2 Å². The number of benzene rings is 1. The molecule has 1 saturated heterocycles.